The lowest BCUT2D eigenvalue weighted by Gasteiger charge is -2.21. The number of rotatable bonds is 9. The van der Waals surface area contributed by atoms with Crippen LogP contribution in [0.4, 0.5) is 11.4 Å². The molecule has 0 aliphatic carbocycles. The fourth-order valence-electron chi connectivity index (χ4n) is 3.30. The van der Waals surface area contributed by atoms with E-state index in [0.29, 0.717) is 37.7 Å². The summed E-state index contributed by atoms with van der Waals surface area (Å²) in [6, 6.07) is 11.2. The molecule has 30 heavy (non-hydrogen) atoms. The first-order valence-electron chi connectivity index (χ1n) is 9.59. The SMILES string of the molecule is COc1ccc(OCCN(C)c2ccc(S(=O)(=O)N3CCCC3)cc2[N+](=O)[O-])cc1. The summed E-state index contributed by atoms with van der Waals surface area (Å²) in [6.07, 6.45) is 1.60. The second kappa shape index (κ2) is 9.31. The zero-order valence-electron chi connectivity index (χ0n) is 17.0. The van der Waals surface area contributed by atoms with E-state index in [1.165, 1.54) is 16.4 Å². The number of nitro groups is 1. The van der Waals surface area contributed by atoms with E-state index >= 15 is 0 Å². The molecule has 0 spiro atoms. The van der Waals surface area contributed by atoms with Crippen LogP contribution in [0.25, 0.3) is 0 Å². The van der Waals surface area contributed by atoms with E-state index in [4.69, 9.17) is 9.47 Å². The van der Waals surface area contributed by atoms with Crippen molar-refractivity contribution in [2.24, 2.45) is 0 Å². The fraction of sp³-hybridized carbons (Fsp3) is 0.400. The zero-order chi connectivity index (χ0) is 21.7. The van der Waals surface area contributed by atoms with Gasteiger partial charge in [-0.25, -0.2) is 8.42 Å². The summed E-state index contributed by atoms with van der Waals surface area (Å²) < 4.78 is 37.6. The number of hydrogen-bond acceptors (Lipinski definition) is 7. The molecule has 10 heteroatoms. The molecule has 162 valence electrons. The molecule has 1 aliphatic heterocycles. The van der Waals surface area contributed by atoms with E-state index in [2.05, 4.69) is 0 Å². The number of ether oxygens (including phenoxy) is 2. The third-order valence-electron chi connectivity index (χ3n) is 5.01. The van der Waals surface area contributed by atoms with E-state index in [9.17, 15) is 18.5 Å². The third kappa shape index (κ3) is 4.82. The lowest BCUT2D eigenvalue weighted by Crippen LogP contribution is -2.28. The molecule has 0 atom stereocenters. The highest BCUT2D eigenvalue weighted by Crippen LogP contribution is 2.32. The van der Waals surface area contributed by atoms with Gasteiger partial charge in [-0.2, -0.15) is 4.31 Å². The van der Waals surface area contributed by atoms with Gasteiger partial charge in [0.05, 0.1) is 23.5 Å². The molecule has 2 aromatic carbocycles. The second-order valence-corrected chi connectivity index (χ2v) is 8.90. The Balaban J connectivity index is 1.71. The number of methoxy groups -OCH3 is 1. The van der Waals surface area contributed by atoms with Gasteiger partial charge in [-0.15, -0.1) is 0 Å². The largest absolute Gasteiger partial charge is 0.497 e. The van der Waals surface area contributed by atoms with Gasteiger partial charge in [-0.05, 0) is 49.2 Å². The maximum atomic E-state index is 12.7. The standard InChI is InChI=1S/C20H25N3O6S/c1-21(13-14-29-17-7-5-16(28-2)6-8-17)19-10-9-18(15-20(19)23(24)25)30(26,27)22-11-3-4-12-22/h5-10,15H,3-4,11-14H2,1-2H3. The van der Waals surface area contributed by atoms with Gasteiger partial charge in [0.1, 0.15) is 23.8 Å². The average molecular weight is 436 g/mol. The Bertz CT molecular complexity index is 988. The van der Waals surface area contributed by atoms with E-state index in [0.717, 1.165) is 24.7 Å². The van der Waals surface area contributed by atoms with Crippen molar-refractivity contribution in [1.29, 1.82) is 0 Å². The highest BCUT2D eigenvalue weighted by Gasteiger charge is 2.30. The molecule has 0 radical (unpaired) electrons. The Morgan fingerprint density at radius 2 is 1.73 bits per heavy atom. The van der Waals surface area contributed by atoms with E-state index < -0.39 is 14.9 Å². The van der Waals surface area contributed by atoms with Crippen molar-refractivity contribution in [3.8, 4) is 11.5 Å². The Labute approximate surface area is 176 Å². The number of nitrogens with zero attached hydrogens (tertiary/aromatic N) is 3. The van der Waals surface area contributed by atoms with Crippen LogP contribution in [0.1, 0.15) is 12.8 Å². The van der Waals surface area contributed by atoms with Gasteiger partial charge in [0.15, 0.2) is 0 Å². The lowest BCUT2D eigenvalue weighted by atomic mass is 10.2. The lowest BCUT2D eigenvalue weighted by molar-refractivity contribution is -0.384. The molecule has 2 aromatic rings. The Morgan fingerprint density at radius 3 is 2.33 bits per heavy atom. The number of likely N-dealkylation sites (N-methyl/N-ethyl adjacent to an activating group) is 1. The molecular formula is C20H25N3O6S. The van der Waals surface area contributed by atoms with E-state index in [-0.39, 0.29) is 10.6 Å². The van der Waals surface area contributed by atoms with Crippen LogP contribution in [-0.2, 0) is 10.0 Å². The quantitative estimate of drug-likeness (QED) is 0.441. The molecule has 0 unspecified atom stereocenters. The Kier molecular flexibility index (Phi) is 6.78. The van der Waals surface area contributed by atoms with Crippen molar-refractivity contribution < 1.29 is 22.8 Å². The predicted molar refractivity (Wildman–Crippen MR) is 113 cm³/mol. The Hall–Kier alpha value is -2.85. The van der Waals surface area contributed by atoms with Crippen LogP contribution in [0.15, 0.2) is 47.4 Å². The van der Waals surface area contributed by atoms with Gasteiger partial charge in [0.25, 0.3) is 5.69 Å². The molecule has 1 aliphatic rings. The van der Waals surface area contributed by atoms with Crippen LogP contribution in [0.5, 0.6) is 11.5 Å². The molecule has 1 saturated heterocycles. The molecule has 0 amide bonds. The molecule has 1 fully saturated rings. The van der Waals surface area contributed by atoms with Crippen LogP contribution in [-0.4, -0.2) is 58.0 Å². The van der Waals surface area contributed by atoms with Gasteiger partial charge in [0, 0.05) is 26.2 Å². The minimum absolute atomic E-state index is 0.0530. The van der Waals surface area contributed by atoms with Crippen LogP contribution in [0.3, 0.4) is 0 Å². The average Bonchev–Trinajstić information content (AvgIpc) is 3.29. The van der Waals surface area contributed by atoms with Gasteiger partial charge in [-0.1, -0.05) is 0 Å². The highest BCUT2D eigenvalue weighted by atomic mass is 32.2. The van der Waals surface area contributed by atoms with Crippen LogP contribution in [0.2, 0.25) is 0 Å². The summed E-state index contributed by atoms with van der Waals surface area (Å²) >= 11 is 0. The topological polar surface area (TPSA) is 102 Å². The molecule has 0 saturated carbocycles. The van der Waals surface area contributed by atoms with Crippen molar-refractivity contribution in [2.75, 3.05) is 45.3 Å². The van der Waals surface area contributed by atoms with Gasteiger partial charge >= 0.3 is 0 Å². The zero-order valence-corrected chi connectivity index (χ0v) is 17.8. The van der Waals surface area contributed by atoms with Gasteiger partial charge < -0.3 is 14.4 Å². The van der Waals surface area contributed by atoms with Crippen molar-refractivity contribution in [3.05, 3.63) is 52.6 Å². The fourth-order valence-corrected chi connectivity index (χ4v) is 4.84. The van der Waals surface area contributed by atoms with E-state index in [1.54, 1.807) is 43.3 Å². The smallest absolute Gasteiger partial charge is 0.293 e. The van der Waals surface area contributed by atoms with Crippen LogP contribution < -0.4 is 14.4 Å². The minimum Gasteiger partial charge on any atom is -0.497 e. The molecule has 3 rings (SSSR count). The Morgan fingerprint density at radius 1 is 1.10 bits per heavy atom. The first-order valence-corrected chi connectivity index (χ1v) is 11.0. The summed E-state index contributed by atoms with van der Waals surface area (Å²) in [7, 11) is -0.435. The van der Waals surface area contributed by atoms with Gasteiger partial charge in [0.2, 0.25) is 10.0 Å². The molecule has 0 N–H and O–H groups in total. The van der Waals surface area contributed by atoms with Crippen molar-refractivity contribution in [1.82, 2.24) is 4.31 Å². The molecule has 9 nitrogen and oxygen atoms in total. The molecule has 0 aromatic heterocycles. The number of nitro benzene ring substituents is 1. The van der Waals surface area contributed by atoms with Crippen LogP contribution in [0, 0.1) is 10.1 Å². The van der Waals surface area contributed by atoms with Crippen LogP contribution >= 0.6 is 0 Å². The summed E-state index contributed by atoms with van der Waals surface area (Å²) in [5.41, 5.74) is 0.0842. The number of hydrogen-bond donors (Lipinski definition) is 0. The predicted octanol–water partition coefficient (Wildman–Crippen LogP) is 2.90. The minimum atomic E-state index is -3.72. The molecule has 1 heterocycles. The maximum absolute atomic E-state index is 12.7. The first kappa shape index (κ1) is 21.8. The first-order chi connectivity index (χ1) is 14.3. The number of anilines is 1. The summed E-state index contributed by atoms with van der Waals surface area (Å²) in [5, 5.41) is 11.6. The normalized spacial score (nSPS) is 14.5. The van der Waals surface area contributed by atoms with Gasteiger partial charge in [-0.3, -0.25) is 10.1 Å². The summed E-state index contributed by atoms with van der Waals surface area (Å²) in [4.78, 5) is 12.7. The van der Waals surface area contributed by atoms with Crippen molar-refractivity contribution >= 4 is 21.4 Å². The summed E-state index contributed by atoms with van der Waals surface area (Å²) in [5.74, 6) is 1.38. The monoisotopic (exact) mass is 435 g/mol. The third-order valence-corrected chi connectivity index (χ3v) is 6.91. The highest BCUT2D eigenvalue weighted by molar-refractivity contribution is 7.89. The summed E-state index contributed by atoms with van der Waals surface area (Å²) in [6.45, 7) is 1.57. The van der Waals surface area contributed by atoms with E-state index in [1.807, 2.05) is 0 Å². The second-order valence-electron chi connectivity index (χ2n) is 6.96. The van der Waals surface area contributed by atoms with Crippen molar-refractivity contribution in [2.45, 2.75) is 17.7 Å². The van der Waals surface area contributed by atoms with Crippen molar-refractivity contribution in [3.63, 3.8) is 0 Å². The number of sulfonamides is 1. The molecular weight excluding hydrogens is 410 g/mol. The maximum Gasteiger partial charge on any atom is 0.293 e. The number of benzene rings is 2. The molecule has 0 bridgehead atoms.